The summed E-state index contributed by atoms with van der Waals surface area (Å²) >= 11 is 0. The molecule has 0 bridgehead atoms. The van der Waals surface area contributed by atoms with E-state index >= 15 is 0 Å². The molecular formula is C20H26N4O2. The van der Waals surface area contributed by atoms with Crippen LogP contribution in [0.5, 0.6) is 0 Å². The van der Waals surface area contributed by atoms with Crippen molar-refractivity contribution >= 4 is 17.6 Å². The quantitative estimate of drug-likeness (QED) is 0.800. The molecule has 0 fully saturated rings. The number of nitrogens with zero attached hydrogens (tertiary/aromatic N) is 4. The molecule has 0 aliphatic rings. The van der Waals surface area contributed by atoms with Gasteiger partial charge in [-0.25, -0.2) is 4.98 Å². The summed E-state index contributed by atoms with van der Waals surface area (Å²) in [4.78, 5) is 34.2. The third-order valence-electron chi connectivity index (χ3n) is 4.10. The Balaban J connectivity index is 2.15. The molecule has 1 aromatic carbocycles. The van der Waals surface area contributed by atoms with Gasteiger partial charge in [0.15, 0.2) is 0 Å². The SMILES string of the molecule is CCN(Cc1ccc(C(=O)N(C)C)cc1)C(=O)c1ccnc(N(C)C)c1. The first-order chi connectivity index (χ1) is 12.3. The molecule has 0 unspecified atom stereocenters. The zero-order valence-corrected chi connectivity index (χ0v) is 16.1. The first kappa shape index (κ1) is 19.4. The number of hydrogen-bond donors (Lipinski definition) is 0. The smallest absolute Gasteiger partial charge is 0.254 e. The highest BCUT2D eigenvalue weighted by molar-refractivity contribution is 5.95. The van der Waals surface area contributed by atoms with Crippen molar-refractivity contribution < 1.29 is 9.59 Å². The fourth-order valence-corrected chi connectivity index (χ4v) is 2.54. The molecule has 0 saturated carbocycles. The fourth-order valence-electron chi connectivity index (χ4n) is 2.54. The normalized spacial score (nSPS) is 10.3. The highest BCUT2D eigenvalue weighted by Gasteiger charge is 2.16. The van der Waals surface area contributed by atoms with Crippen LogP contribution in [-0.2, 0) is 6.54 Å². The third kappa shape index (κ3) is 4.59. The van der Waals surface area contributed by atoms with Crippen molar-refractivity contribution in [2.75, 3.05) is 39.6 Å². The van der Waals surface area contributed by atoms with Gasteiger partial charge in [0.2, 0.25) is 0 Å². The first-order valence-corrected chi connectivity index (χ1v) is 8.56. The van der Waals surface area contributed by atoms with Crippen LogP contribution in [0.15, 0.2) is 42.6 Å². The van der Waals surface area contributed by atoms with Crippen LogP contribution in [0.2, 0.25) is 0 Å². The highest BCUT2D eigenvalue weighted by Crippen LogP contribution is 2.15. The lowest BCUT2D eigenvalue weighted by molar-refractivity contribution is 0.0751. The van der Waals surface area contributed by atoms with E-state index < -0.39 is 0 Å². The van der Waals surface area contributed by atoms with Gasteiger partial charge in [-0.2, -0.15) is 0 Å². The Morgan fingerprint density at radius 3 is 2.12 bits per heavy atom. The highest BCUT2D eigenvalue weighted by atomic mass is 16.2. The summed E-state index contributed by atoms with van der Waals surface area (Å²) < 4.78 is 0. The molecule has 0 saturated heterocycles. The first-order valence-electron chi connectivity index (χ1n) is 8.56. The summed E-state index contributed by atoms with van der Waals surface area (Å²) in [5.41, 5.74) is 2.24. The number of carbonyl (C=O) groups is 2. The van der Waals surface area contributed by atoms with Crippen LogP contribution < -0.4 is 4.90 Å². The van der Waals surface area contributed by atoms with Crippen molar-refractivity contribution in [2.24, 2.45) is 0 Å². The molecule has 0 radical (unpaired) electrons. The number of anilines is 1. The van der Waals surface area contributed by atoms with Crippen molar-refractivity contribution in [3.63, 3.8) is 0 Å². The van der Waals surface area contributed by atoms with Crippen molar-refractivity contribution in [1.29, 1.82) is 0 Å². The monoisotopic (exact) mass is 354 g/mol. The second-order valence-corrected chi connectivity index (χ2v) is 6.51. The summed E-state index contributed by atoms with van der Waals surface area (Å²) in [5.74, 6) is 0.679. The van der Waals surface area contributed by atoms with Crippen molar-refractivity contribution in [1.82, 2.24) is 14.8 Å². The van der Waals surface area contributed by atoms with Gasteiger partial charge >= 0.3 is 0 Å². The Morgan fingerprint density at radius 1 is 0.923 bits per heavy atom. The number of benzene rings is 1. The Bertz CT molecular complexity index is 770. The van der Waals surface area contributed by atoms with Crippen molar-refractivity contribution in [3.05, 3.63) is 59.3 Å². The van der Waals surface area contributed by atoms with Crippen LogP contribution in [0.25, 0.3) is 0 Å². The van der Waals surface area contributed by atoms with Gasteiger partial charge in [0.05, 0.1) is 0 Å². The van der Waals surface area contributed by atoms with E-state index in [1.54, 1.807) is 54.4 Å². The number of pyridine rings is 1. The average Bonchev–Trinajstić information content (AvgIpc) is 2.65. The van der Waals surface area contributed by atoms with Gasteiger partial charge in [-0.15, -0.1) is 0 Å². The van der Waals surface area contributed by atoms with Crippen LogP contribution in [0.1, 0.15) is 33.2 Å². The maximum atomic E-state index is 12.8. The van der Waals surface area contributed by atoms with Crippen molar-refractivity contribution in [3.8, 4) is 0 Å². The number of amides is 2. The fraction of sp³-hybridized carbons (Fsp3) is 0.350. The molecule has 2 aromatic rings. The summed E-state index contributed by atoms with van der Waals surface area (Å²) in [6.07, 6.45) is 1.65. The Morgan fingerprint density at radius 2 is 1.58 bits per heavy atom. The Hall–Kier alpha value is -2.89. The van der Waals surface area contributed by atoms with Gasteiger partial charge in [-0.05, 0) is 36.8 Å². The van der Waals surface area contributed by atoms with Crippen LogP contribution >= 0.6 is 0 Å². The van der Waals surface area contributed by atoms with E-state index in [0.717, 1.165) is 11.4 Å². The molecular weight excluding hydrogens is 328 g/mol. The maximum absolute atomic E-state index is 12.8. The Labute approximate surface area is 155 Å². The van der Waals surface area contributed by atoms with E-state index in [2.05, 4.69) is 4.98 Å². The minimum absolute atomic E-state index is 0.0343. The van der Waals surface area contributed by atoms with E-state index in [-0.39, 0.29) is 11.8 Å². The van der Waals surface area contributed by atoms with E-state index in [9.17, 15) is 9.59 Å². The summed E-state index contributed by atoms with van der Waals surface area (Å²) in [7, 11) is 7.24. The van der Waals surface area contributed by atoms with Gasteiger partial charge in [-0.1, -0.05) is 12.1 Å². The molecule has 2 rings (SSSR count). The zero-order chi connectivity index (χ0) is 19.3. The van der Waals surface area contributed by atoms with E-state index in [1.165, 1.54) is 0 Å². The molecule has 26 heavy (non-hydrogen) atoms. The average molecular weight is 354 g/mol. The maximum Gasteiger partial charge on any atom is 0.254 e. The molecule has 0 N–H and O–H groups in total. The minimum Gasteiger partial charge on any atom is -0.363 e. The predicted molar refractivity (Wildman–Crippen MR) is 103 cm³/mol. The second kappa shape index (κ2) is 8.47. The standard InChI is InChI=1S/C20H26N4O2/c1-6-24(20(26)17-11-12-21-18(13-17)22(2)3)14-15-7-9-16(10-8-15)19(25)23(4)5/h7-13H,6,14H2,1-5H3. The largest absolute Gasteiger partial charge is 0.363 e. The molecule has 0 spiro atoms. The molecule has 1 aromatic heterocycles. The van der Waals surface area contributed by atoms with Gasteiger partial charge in [0, 0.05) is 58.6 Å². The molecule has 138 valence electrons. The lowest BCUT2D eigenvalue weighted by atomic mass is 10.1. The zero-order valence-electron chi connectivity index (χ0n) is 16.1. The molecule has 1 heterocycles. The summed E-state index contributed by atoms with van der Waals surface area (Å²) in [6, 6.07) is 10.9. The number of aromatic nitrogens is 1. The van der Waals surface area contributed by atoms with Gasteiger partial charge in [0.1, 0.15) is 5.82 Å². The number of rotatable bonds is 6. The lowest BCUT2D eigenvalue weighted by Gasteiger charge is -2.22. The van der Waals surface area contributed by atoms with Gasteiger partial charge < -0.3 is 14.7 Å². The summed E-state index contributed by atoms with van der Waals surface area (Å²) in [6.45, 7) is 3.04. The van der Waals surface area contributed by atoms with Crippen LogP contribution in [-0.4, -0.2) is 61.3 Å². The van der Waals surface area contributed by atoms with Crippen LogP contribution in [0, 0.1) is 0 Å². The molecule has 0 aliphatic heterocycles. The second-order valence-electron chi connectivity index (χ2n) is 6.51. The van der Waals surface area contributed by atoms with E-state index in [4.69, 9.17) is 0 Å². The third-order valence-corrected chi connectivity index (χ3v) is 4.10. The molecule has 6 nitrogen and oxygen atoms in total. The van der Waals surface area contributed by atoms with E-state index in [0.29, 0.717) is 24.2 Å². The number of hydrogen-bond acceptors (Lipinski definition) is 4. The topological polar surface area (TPSA) is 56.8 Å². The molecule has 6 heteroatoms. The predicted octanol–water partition coefficient (Wildman–Crippen LogP) is 2.51. The Kier molecular flexibility index (Phi) is 6.33. The molecule has 2 amide bonds. The van der Waals surface area contributed by atoms with Gasteiger partial charge in [0.25, 0.3) is 11.8 Å². The van der Waals surface area contributed by atoms with Crippen LogP contribution in [0.4, 0.5) is 5.82 Å². The number of carbonyl (C=O) groups excluding carboxylic acids is 2. The van der Waals surface area contributed by atoms with Crippen molar-refractivity contribution in [2.45, 2.75) is 13.5 Å². The minimum atomic E-state index is -0.0357. The molecule has 0 aliphatic carbocycles. The molecule has 0 atom stereocenters. The van der Waals surface area contributed by atoms with Gasteiger partial charge in [-0.3, -0.25) is 9.59 Å². The van der Waals surface area contributed by atoms with E-state index in [1.807, 2.05) is 38.1 Å². The lowest BCUT2D eigenvalue weighted by Crippen LogP contribution is -2.30. The van der Waals surface area contributed by atoms with Crippen LogP contribution in [0.3, 0.4) is 0 Å². The summed E-state index contributed by atoms with van der Waals surface area (Å²) in [5, 5.41) is 0.